The van der Waals surface area contributed by atoms with Crippen molar-refractivity contribution >= 4 is 12.0 Å². The Labute approximate surface area is 196 Å². The second-order valence-electron chi connectivity index (χ2n) is 10.6. The lowest BCUT2D eigenvalue weighted by atomic mass is 9.51. The third kappa shape index (κ3) is 3.43. The number of fused-ring (bicyclic) bond motifs is 4. The second-order valence-corrected chi connectivity index (χ2v) is 10.6. The number of ketones is 1. The minimum Gasteiger partial charge on any atom is -0.411 e. The molecule has 5 atom stereocenters. The molecule has 0 amide bonds. The number of methoxy groups -OCH3 is 2. The highest BCUT2D eigenvalue weighted by Gasteiger charge is 2.63. The number of allylic oxidation sites excluding steroid dienone is 4. The fourth-order valence-corrected chi connectivity index (χ4v) is 7.78. The normalized spacial score (nSPS) is 35.9. The molecule has 5 nitrogen and oxygen atoms in total. The Morgan fingerprint density at radius 1 is 1.15 bits per heavy atom. The van der Waals surface area contributed by atoms with Crippen LogP contribution in [0.3, 0.4) is 0 Å². The van der Waals surface area contributed by atoms with E-state index in [9.17, 15) is 4.79 Å². The van der Waals surface area contributed by atoms with E-state index in [1.165, 1.54) is 22.9 Å². The highest BCUT2D eigenvalue weighted by molar-refractivity contribution is 5.93. The van der Waals surface area contributed by atoms with Gasteiger partial charge in [0.15, 0.2) is 5.78 Å². The van der Waals surface area contributed by atoms with Crippen molar-refractivity contribution in [3.63, 3.8) is 0 Å². The molecule has 33 heavy (non-hydrogen) atoms. The topological polar surface area (TPSA) is 68.1 Å². The monoisotopic (exact) mass is 449 g/mol. The van der Waals surface area contributed by atoms with E-state index in [4.69, 9.17) is 14.7 Å². The van der Waals surface area contributed by atoms with Crippen LogP contribution in [0.15, 0.2) is 52.2 Å². The molecule has 0 aliphatic heterocycles. The van der Waals surface area contributed by atoms with Crippen LogP contribution in [0.4, 0.5) is 0 Å². The molecule has 0 aromatic heterocycles. The molecule has 4 aliphatic carbocycles. The standard InChI is InChI=1S/C28H35NO4/c1-27-15-24(19-6-4-18(5-7-19)16-29-31)26-22-11-9-21(30)14-20(22)8-10-23(26)25(27)12-13-28(27,33-3)17-32-2/h4-7,14,16,23-25,31H,8-13,15,17H2,1-3H3/b29-16+. The zero-order chi connectivity index (χ0) is 23.2. The molecule has 1 aromatic rings. The summed E-state index contributed by atoms with van der Waals surface area (Å²) in [6.07, 6.45) is 10.2. The van der Waals surface area contributed by atoms with Crippen molar-refractivity contribution in [2.45, 2.75) is 63.4 Å². The number of oxime groups is 1. The zero-order valence-corrected chi connectivity index (χ0v) is 20.0. The quantitative estimate of drug-likeness (QED) is 0.370. The maximum atomic E-state index is 12.2. The number of carbonyl (C=O) groups is 1. The van der Waals surface area contributed by atoms with Crippen molar-refractivity contribution in [1.82, 2.24) is 0 Å². The third-order valence-corrected chi connectivity index (χ3v) is 9.34. The predicted molar refractivity (Wildman–Crippen MR) is 128 cm³/mol. The van der Waals surface area contributed by atoms with E-state index < -0.39 is 0 Å². The summed E-state index contributed by atoms with van der Waals surface area (Å²) < 4.78 is 12.0. The summed E-state index contributed by atoms with van der Waals surface area (Å²) in [5.41, 5.74) is 6.23. The number of ether oxygens (including phenoxy) is 2. The van der Waals surface area contributed by atoms with Gasteiger partial charge < -0.3 is 14.7 Å². The molecule has 5 rings (SSSR count). The first-order chi connectivity index (χ1) is 16.0. The second kappa shape index (κ2) is 8.52. The van der Waals surface area contributed by atoms with Gasteiger partial charge in [-0.1, -0.05) is 41.9 Å². The Bertz CT molecular complexity index is 1020. The van der Waals surface area contributed by atoms with E-state index in [1.807, 2.05) is 25.3 Å². The van der Waals surface area contributed by atoms with Crippen molar-refractivity contribution in [3.05, 3.63) is 58.2 Å². The Morgan fingerprint density at radius 2 is 1.94 bits per heavy atom. The third-order valence-electron chi connectivity index (χ3n) is 9.34. The van der Waals surface area contributed by atoms with Crippen molar-refractivity contribution in [1.29, 1.82) is 0 Å². The molecule has 2 fully saturated rings. The number of hydrogen-bond donors (Lipinski definition) is 1. The molecule has 2 saturated carbocycles. The summed E-state index contributed by atoms with van der Waals surface area (Å²) in [4.78, 5) is 12.2. The number of hydrogen-bond acceptors (Lipinski definition) is 5. The van der Waals surface area contributed by atoms with Crippen molar-refractivity contribution in [2.75, 3.05) is 20.8 Å². The first-order valence-electron chi connectivity index (χ1n) is 12.2. The Kier molecular flexibility index (Phi) is 5.82. The van der Waals surface area contributed by atoms with E-state index in [0.717, 1.165) is 44.1 Å². The molecule has 5 unspecified atom stereocenters. The van der Waals surface area contributed by atoms with Crippen molar-refractivity contribution in [3.8, 4) is 0 Å². The maximum absolute atomic E-state index is 12.2. The molecule has 0 radical (unpaired) electrons. The smallest absolute Gasteiger partial charge is 0.156 e. The molecule has 1 aromatic carbocycles. The summed E-state index contributed by atoms with van der Waals surface area (Å²) in [5.74, 6) is 1.64. The van der Waals surface area contributed by atoms with Crippen LogP contribution in [0.5, 0.6) is 0 Å². The predicted octanol–water partition coefficient (Wildman–Crippen LogP) is 5.43. The molecule has 0 heterocycles. The van der Waals surface area contributed by atoms with Crippen LogP contribution in [-0.4, -0.2) is 43.6 Å². The van der Waals surface area contributed by atoms with Gasteiger partial charge in [-0.15, -0.1) is 0 Å². The average molecular weight is 450 g/mol. The highest BCUT2D eigenvalue weighted by atomic mass is 16.5. The van der Waals surface area contributed by atoms with Gasteiger partial charge in [-0.05, 0) is 78.7 Å². The molecule has 0 bridgehead atoms. The van der Waals surface area contributed by atoms with Gasteiger partial charge in [0.2, 0.25) is 0 Å². The van der Waals surface area contributed by atoms with Gasteiger partial charge in [0.1, 0.15) is 0 Å². The first kappa shape index (κ1) is 22.5. The zero-order valence-electron chi connectivity index (χ0n) is 20.0. The van der Waals surface area contributed by atoms with Gasteiger partial charge >= 0.3 is 0 Å². The van der Waals surface area contributed by atoms with Crippen LogP contribution >= 0.6 is 0 Å². The number of rotatable bonds is 5. The SMILES string of the molecule is COCC1(OC)CCC2C3CCC4=CC(=O)CCC4=C3C(c3ccc(/C=N/O)cc3)CC21C. The molecule has 0 saturated heterocycles. The van der Waals surface area contributed by atoms with Crippen LogP contribution in [-0.2, 0) is 14.3 Å². The maximum Gasteiger partial charge on any atom is 0.156 e. The minimum absolute atomic E-state index is 0.00802. The Hall–Kier alpha value is -2.24. The number of nitrogens with zero attached hydrogens (tertiary/aromatic N) is 1. The lowest BCUT2D eigenvalue weighted by Crippen LogP contribution is -2.54. The van der Waals surface area contributed by atoms with E-state index >= 15 is 0 Å². The van der Waals surface area contributed by atoms with Crippen LogP contribution in [0, 0.1) is 17.3 Å². The molecular weight excluding hydrogens is 414 g/mol. The van der Waals surface area contributed by atoms with E-state index in [1.54, 1.807) is 12.7 Å². The van der Waals surface area contributed by atoms with Crippen LogP contribution in [0.25, 0.3) is 0 Å². The van der Waals surface area contributed by atoms with Gasteiger partial charge in [-0.2, -0.15) is 0 Å². The van der Waals surface area contributed by atoms with Gasteiger partial charge in [-0.25, -0.2) is 0 Å². The first-order valence-corrected chi connectivity index (χ1v) is 12.2. The van der Waals surface area contributed by atoms with Crippen LogP contribution in [0.2, 0.25) is 0 Å². The van der Waals surface area contributed by atoms with E-state index in [0.29, 0.717) is 24.9 Å². The van der Waals surface area contributed by atoms with Gasteiger partial charge in [0, 0.05) is 32.0 Å². The van der Waals surface area contributed by atoms with Crippen LogP contribution < -0.4 is 0 Å². The fraction of sp³-hybridized carbons (Fsp3) is 0.571. The average Bonchev–Trinajstić information content (AvgIpc) is 3.11. The molecule has 1 N–H and O–H groups in total. The summed E-state index contributed by atoms with van der Waals surface area (Å²) in [6.45, 7) is 3.05. The summed E-state index contributed by atoms with van der Waals surface area (Å²) >= 11 is 0. The largest absolute Gasteiger partial charge is 0.411 e. The van der Waals surface area contributed by atoms with Crippen molar-refractivity contribution < 1.29 is 19.5 Å². The summed E-state index contributed by atoms with van der Waals surface area (Å²) in [7, 11) is 3.64. The minimum atomic E-state index is -0.275. The van der Waals surface area contributed by atoms with Gasteiger partial charge in [0.25, 0.3) is 0 Å². The lowest BCUT2D eigenvalue weighted by Gasteiger charge is -2.55. The van der Waals surface area contributed by atoms with Crippen LogP contribution in [0.1, 0.15) is 68.9 Å². The van der Waals surface area contributed by atoms with E-state index in [2.05, 4.69) is 24.2 Å². The number of carbonyl (C=O) groups excluding carboxylic acids is 1. The Morgan fingerprint density at radius 3 is 2.64 bits per heavy atom. The Balaban J connectivity index is 1.65. The molecular formula is C28H35NO4. The number of benzene rings is 1. The van der Waals surface area contributed by atoms with E-state index in [-0.39, 0.29) is 22.7 Å². The van der Waals surface area contributed by atoms with Crippen molar-refractivity contribution in [2.24, 2.45) is 22.4 Å². The van der Waals surface area contributed by atoms with Gasteiger partial charge in [-0.3, -0.25) is 4.79 Å². The molecule has 5 heteroatoms. The summed E-state index contributed by atoms with van der Waals surface area (Å²) in [5, 5.41) is 12.1. The molecule has 4 aliphatic rings. The lowest BCUT2D eigenvalue weighted by molar-refractivity contribution is -0.149. The molecule has 176 valence electrons. The molecule has 0 spiro atoms. The highest BCUT2D eigenvalue weighted by Crippen LogP contribution is 2.67. The van der Waals surface area contributed by atoms with Gasteiger partial charge in [0.05, 0.1) is 18.4 Å². The summed E-state index contributed by atoms with van der Waals surface area (Å²) in [6, 6.07) is 8.42. The fourth-order valence-electron chi connectivity index (χ4n) is 7.78.